The summed E-state index contributed by atoms with van der Waals surface area (Å²) in [5.41, 5.74) is 2.02. The minimum atomic E-state index is -0.222. The van der Waals surface area contributed by atoms with Gasteiger partial charge >= 0.3 is 6.03 Å². The van der Waals surface area contributed by atoms with Crippen molar-refractivity contribution in [3.8, 4) is 0 Å². The number of likely N-dealkylation sites (tertiary alicyclic amines) is 1. The highest BCUT2D eigenvalue weighted by molar-refractivity contribution is 5.75. The molecule has 0 spiro atoms. The molecule has 0 radical (unpaired) electrons. The lowest BCUT2D eigenvalue weighted by Gasteiger charge is -2.30. The lowest BCUT2D eigenvalue weighted by atomic mass is 9.87. The van der Waals surface area contributed by atoms with Crippen LogP contribution < -0.4 is 5.32 Å². The van der Waals surface area contributed by atoms with Gasteiger partial charge in [0, 0.05) is 6.54 Å². The Balaban J connectivity index is 1.73. The lowest BCUT2D eigenvalue weighted by Crippen LogP contribution is -2.45. The molecule has 1 aliphatic carbocycles. The second kappa shape index (κ2) is 6.02. The van der Waals surface area contributed by atoms with Crippen LogP contribution in [0.1, 0.15) is 42.9 Å². The number of hydrogen-bond donors (Lipinski definition) is 2. The summed E-state index contributed by atoms with van der Waals surface area (Å²) in [6.07, 6.45) is 4.48. The number of carbonyl (C=O) groups is 1. The number of carbonyl (C=O) groups excluding carboxylic acids is 1. The number of aliphatic hydroxyl groups is 1. The van der Waals surface area contributed by atoms with Gasteiger partial charge in [-0.25, -0.2) is 9.18 Å². The van der Waals surface area contributed by atoms with Gasteiger partial charge < -0.3 is 15.3 Å². The fourth-order valence-electron chi connectivity index (χ4n) is 3.46. The zero-order chi connectivity index (χ0) is 14.8. The quantitative estimate of drug-likeness (QED) is 0.879. The number of aliphatic hydroxyl groups excluding tert-OH is 1. The van der Waals surface area contributed by atoms with Gasteiger partial charge in [0.15, 0.2) is 0 Å². The highest BCUT2D eigenvalue weighted by atomic mass is 19.1. The van der Waals surface area contributed by atoms with Gasteiger partial charge in [-0.2, -0.15) is 0 Å². The molecule has 0 saturated carbocycles. The van der Waals surface area contributed by atoms with Crippen molar-refractivity contribution in [2.24, 2.45) is 0 Å². The Morgan fingerprint density at radius 1 is 1.38 bits per heavy atom. The zero-order valence-electron chi connectivity index (χ0n) is 12.0. The van der Waals surface area contributed by atoms with Gasteiger partial charge in [-0.05, 0) is 55.4 Å². The number of hydrogen-bond acceptors (Lipinski definition) is 2. The molecule has 2 aliphatic rings. The molecule has 2 atom stereocenters. The van der Waals surface area contributed by atoms with Crippen LogP contribution in [0.4, 0.5) is 9.18 Å². The smallest absolute Gasteiger partial charge is 0.318 e. The van der Waals surface area contributed by atoms with Crippen LogP contribution in [0, 0.1) is 5.82 Å². The molecule has 2 amide bonds. The summed E-state index contributed by atoms with van der Waals surface area (Å²) < 4.78 is 13.3. The van der Waals surface area contributed by atoms with Crippen molar-refractivity contribution >= 4 is 6.03 Å². The number of nitrogens with one attached hydrogen (secondary N) is 1. The second-order valence-electron chi connectivity index (χ2n) is 5.91. The Morgan fingerprint density at radius 2 is 2.24 bits per heavy atom. The molecule has 1 aromatic carbocycles. The number of aryl methyl sites for hydroxylation is 1. The van der Waals surface area contributed by atoms with Crippen LogP contribution in [0.2, 0.25) is 0 Å². The van der Waals surface area contributed by atoms with Crippen molar-refractivity contribution in [1.29, 1.82) is 0 Å². The molecule has 5 heteroatoms. The summed E-state index contributed by atoms with van der Waals surface area (Å²) in [4.78, 5) is 14.1. The molecule has 2 N–H and O–H groups in total. The Labute approximate surface area is 124 Å². The molecule has 0 aromatic heterocycles. The molecular weight excluding hydrogens is 271 g/mol. The molecule has 1 aliphatic heterocycles. The fraction of sp³-hybridized carbons (Fsp3) is 0.562. The maximum atomic E-state index is 13.3. The Hall–Kier alpha value is -1.62. The van der Waals surface area contributed by atoms with Crippen LogP contribution in [-0.2, 0) is 6.42 Å². The Kier molecular flexibility index (Phi) is 4.10. The highest BCUT2D eigenvalue weighted by Gasteiger charge is 2.30. The molecule has 1 saturated heterocycles. The van der Waals surface area contributed by atoms with Gasteiger partial charge in [0.2, 0.25) is 0 Å². The van der Waals surface area contributed by atoms with Crippen molar-refractivity contribution in [2.45, 2.75) is 44.2 Å². The van der Waals surface area contributed by atoms with Crippen LogP contribution >= 0.6 is 0 Å². The first-order valence-corrected chi connectivity index (χ1v) is 7.65. The van der Waals surface area contributed by atoms with E-state index in [0.717, 1.165) is 43.2 Å². The largest absolute Gasteiger partial charge is 0.394 e. The monoisotopic (exact) mass is 292 g/mol. The van der Waals surface area contributed by atoms with E-state index in [4.69, 9.17) is 0 Å². The summed E-state index contributed by atoms with van der Waals surface area (Å²) in [6, 6.07) is 4.56. The van der Waals surface area contributed by atoms with Gasteiger partial charge in [-0.15, -0.1) is 0 Å². The van der Waals surface area contributed by atoms with Gasteiger partial charge in [0.05, 0.1) is 18.7 Å². The SMILES string of the molecule is O=C(N[C@@H]1CCCc2cc(F)ccc21)N1CCC[C@@H]1CO. The third-order valence-electron chi connectivity index (χ3n) is 4.57. The molecule has 0 unspecified atom stereocenters. The summed E-state index contributed by atoms with van der Waals surface area (Å²) in [6.45, 7) is 0.708. The van der Waals surface area contributed by atoms with E-state index in [1.54, 1.807) is 17.0 Å². The molecule has 1 fully saturated rings. The first-order chi connectivity index (χ1) is 10.2. The average molecular weight is 292 g/mol. The van der Waals surface area contributed by atoms with Crippen LogP contribution in [0.5, 0.6) is 0 Å². The van der Waals surface area contributed by atoms with Crippen LogP contribution in [0.25, 0.3) is 0 Å². The van der Waals surface area contributed by atoms with Crippen molar-refractivity contribution in [1.82, 2.24) is 10.2 Å². The van der Waals surface area contributed by atoms with E-state index >= 15 is 0 Å². The minimum Gasteiger partial charge on any atom is -0.394 e. The summed E-state index contributed by atoms with van der Waals surface area (Å²) in [5.74, 6) is -0.222. The summed E-state index contributed by atoms with van der Waals surface area (Å²) in [7, 11) is 0. The van der Waals surface area contributed by atoms with E-state index in [9.17, 15) is 14.3 Å². The predicted molar refractivity (Wildman–Crippen MR) is 77.4 cm³/mol. The molecule has 1 aromatic rings. The summed E-state index contributed by atoms with van der Waals surface area (Å²) >= 11 is 0. The van der Waals surface area contributed by atoms with Crippen LogP contribution in [0.15, 0.2) is 18.2 Å². The van der Waals surface area contributed by atoms with E-state index in [1.807, 2.05) is 0 Å². The Morgan fingerprint density at radius 3 is 3.05 bits per heavy atom. The fourth-order valence-corrected chi connectivity index (χ4v) is 3.46. The molecule has 1 heterocycles. The highest BCUT2D eigenvalue weighted by Crippen LogP contribution is 2.30. The molecule has 114 valence electrons. The van der Waals surface area contributed by atoms with Gasteiger partial charge in [-0.3, -0.25) is 0 Å². The van der Waals surface area contributed by atoms with Crippen molar-refractivity contribution in [3.05, 3.63) is 35.1 Å². The third kappa shape index (κ3) is 2.88. The van der Waals surface area contributed by atoms with Crippen molar-refractivity contribution in [2.75, 3.05) is 13.2 Å². The molecule has 0 bridgehead atoms. The zero-order valence-corrected chi connectivity index (χ0v) is 12.0. The second-order valence-corrected chi connectivity index (χ2v) is 5.91. The standard InChI is InChI=1S/C16H21FN2O2/c17-12-6-7-14-11(9-12)3-1-5-15(14)18-16(21)19-8-2-4-13(19)10-20/h6-7,9,13,15,20H,1-5,8,10H2,(H,18,21)/t13-,15-/m1/s1. The number of rotatable bonds is 2. The van der Waals surface area contributed by atoms with E-state index in [0.29, 0.717) is 6.54 Å². The van der Waals surface area contributed by atoms with Gasteiger partial charge in [0.1, 0.15) is 5.82 Å². The van der Waals surface area contributed by atoms with E-state index in [-0.39, 0.29) is 30.5 Å². The molecule has 3 rings (SSSR count). The lowest BCUT2D eigenvalue weighted by molar-refractivity contribution is 0.154. The number of amides is 2. The average Bonchev–Trinajstić information content (AvgIpc) is 2.95. The maximum Gasteiger partial charge on any atom is 0.318 e. The topological polar surface area (TPSA) is 52.6 Å². The van der Waals surface area contributed by atoms with Crippen molar-refractivity contribution < 1.29 is 14.3 Å². The maximum absolute atomic E-state index is 13.3. The van der Waals surface area contributed by atoms with Crippen LogP contribution in [0.3, 0.4) is 0 Å². The van der Waals surface area contributed by atoms with Gasteiger partial charge in [-0.1, -0.05) is 6.07 Å². The van der Waals surface area contributed by atoms with Gasteiger partial charge in [0.25, 0.3) is 0 Å². The summed E-state index contributed by atoms with van der Waals surface area (Å²) in [5, 5.41) is 12.4. The number of nitrogens with zero attached hydrogens (tertiary/aromatic N) is 1. The number of urea groups is 1. The predicted octanol–water partition coefficient (Wildman–Crippen LogP) is 2.37. The number of halogens is 1. The minimum absolute atomic E-state index is 0.0138. The van der Waals surface area contributed by atoms with E-state index in [1.165, 1.54) is 6.07 Å². The van der Waals surface area contributed by atoms with E-state index in [2.05, 4.69) is 5.32 Å². The third-order valence-corrected chi connectivity index (χ3v) is 4.57. The molecular formula is C16H21FN2O2. The first kappa shape index (κ1) is 14.3. The number of benzene rings is 1. The normalized spacial score (nSPS) is 24.8. The van der Waals surface area contributed by atoms with E-state index < -0.39 is 0 Å². The first-order valence-electron chi connectivity index (χ1n) is 7.65. The molecule has 4 nitrogen and oxygen atoms in total. The Bertz CT molecular complexity index is 535. The molecule has 21 heavy (non-hydrogen) atoms. The van der Waals surface area contributed by atoms with Crippen LogP contribution in [-0.4, -0.2) is 35.2 Å². The number of fused-ring (bicyclic) bond motifs is 1. The van der Waals surface area contributed by atoms with Crippen molar-refractivity contribution in [3.63, 3.8) is 0 Å².